The van der Waals surface area contributed by atoms with Crippen LogP contribution in [0.15, 0.2) is 24.3 Å². The number of hydrogen-bond donors (Lipinski definition) is 2. The smallest absolute Gasteiger partial charge is 0.299 e. The maximum absolute atomic E-state index is 12.5. The second-order valence-electron chi connectivity index (χ2n) is 6.51. The molecular weight excluding hydrogens is 298 g/mol. The van der Waals surface area contributed by atoms with Crippen LogP contribution in [-0.2, 0) is 11.2 Å². The molecule has 0 bridgehead atoms. The molecule has 1 amide bonds. The van der Waals surface area contributed by atoms with E-state index in [1.165, 1.54) is 10.9 Å². The van der Waals surface area contributed by atoms with Gasteiger partial charge in [0, 0.05) is 22.6 Å². The van der Waals surface area contributed by atoms with Crippen LogP contribution in [0.1, 0.15) is 49.9 Å². The number of terminal acetylenes is 1. The fourth-order valence-corrected chi connectivity index (χ4v) is 3.96. The number of carbonyl (C=O) groups excluding carboxylic acids is 1. The van der Waals surface area contributed by atoms with E-state index >= 15 is 0 Å². The molecule has 126 valence electrons. The number of carbonyl (C=O) groups is 1. The third-order valence-corrected chi connectivity index (χ3v) is 5.04. The van der Waals surface area contributed by atoms with Crippen LogP contribution in [0.2, 0.25) is 0 Å². The second-order valence-corrected chi connectivity index (χ2v) is 6.51. The molecule has 2 atom stereocenters. The summed E-state index contributed by atoms with van der Waals surface area (Å²) in [5, 5.41) is 1.25. The van der Waals surface area contributed by atoms with Crippen molar-refractivity contribution in [3.05, 3.63) is 35.5 Å². The van der Waals surface area contributed by atoms with E-state index in [0.717, 1.165) is 43.3 Å². The highest BCUT2D eigenvalue weighted by Crippen LogP contribution is 2.39. The number of rotatable bonds is 5. The van der Waals surface area contributed by atoms with Gasteiger partial charge in [0.2, 0.25) is 0 Å². The van der Waals surface area contributed by atoms with Crippen molar-refractivity contribution >= 4 is 16.8 Å². The fourth-order valence-electron chi connectivity index (χ4n) is 3.96. The summed E-state index contributed by atoms with van der Waals surface area (Å²) in [7, 11) is 0. The number of aromatic nitrogens is 1. The highest BCUT2D eigenvalue weighted by Gasteiger charge is 2.38. The largest absolute Gasteiger partial charge is 0.356 e. The Morgan fingerprint density at radius 3 is 2.92 bits per heavy atom. The van der Waals surface area contributed by atoms with Crippen molar-refractivity contribution in [2.75, 3.05) is 6.54 Å². The van der Waals surface area contributed by atoms with Crippen molar-refractivity contribution in [1.29, 1.82) is 0 Å². The van der Waals surface area contributed by atoms with Crippen molar-refractivity contribution < 1.29 is 4.79 Å². The number of fused-ring (bicyclic) bond motifs is 3. The number of nitrogens with two attached hydrogens (primary N) is 1. The molecule has 1 aromatic heterocycles. The lowest BCUT2D eigenvalue weighted by Gasteiger charge is -2.41. The zero-order chi connectivity index (χ0) is 17.1. The molecule has 3 N–H and O–H groups in total. The van der Waals surface area contributed by atoms with Crippen LogP contribution >= 0.6 is 0 Å². The Kier molecular flexibility index (Phi) is 4.92. The predicted octanol–water partition coefficient (Wildman–Crippen LogP) is 3.13. The van der Waals surface area contributed by atoms with Gasteiger partial charge in [0.1, 0.15) is 0 Å². The molecule has 1 aliphatic rings. The monoisotopic (exact) mass is 323 g/mol. The van der Waals surface area contributed by atoms with Gasteiger partial charge in [0.25, 0.3) is 5.91 Å². The average Bonchev–Trinajstić information content (AvgIpc) is 2.98. The lowest BCUT2D eigenvalue weighted by atomic mass is 9.87. The first-order chi connectivity index (χ1) is 11.7. The summed E-state index contributed by atoms with van der Waals surface area (Å²) in [6, 6.07) is 8.42. The topological polar surface area (TPSA) is 62.1 Å². The Morgan fingerprint density at radius 2 is 2.21 bits per heavy atom. The molecule has 0 saturated carbocycles. The first-order valence-corrected chi connectivity index (χ1v) is 8.79. The third-order valence-electron chi connectivity index (χ3n) is 5.04. The van der Waals surface area contributed by atoms with Gasteiger partial charge in [-0.25, -0.2) is 0 Å². The molecule has 3 rings (SSSR count). The van der Waals surface area contributed by atoms with Gasteiger partial charge in [-0.3, -0.25) is 4.79 Å². The maximum atomic E-state index is 12.5. The number of para-hydroxylation sites is 1. The van der Waals surface area contributed by atoms with Crippen LogP contribution in [0.25, 0.3) is 10.9 Å². The minimum Gasteiger partial charge on any atom is -0.356 e. The van der Waals surface area contributed by atoms with Gasteiger partial charge in [0.05, 0.1) is 6.04 Å². The minimum atomic E-state index is -0.223. The molecule has 24 heavy (non-hydrogen) atoms. The fraction of sp³-hybridized carbons (Fsp3) is 0.450. The molecule has 0 fully saturated rings. The summed E-state index contributed by atoms with van der Waals surface area (Å²) in [5.74, 6) is 2.10. The number of unbranched alkanes of at least 4 members (excludes halogenated alkanes) is 1. The molecule has 0 spiro atoms. The zero-order valence-electron chi connectivity index (χ0n) is 14.2. The first kappa shape index (κ1) is 16.6. The molecule has 0 saturated heterocycles. The van der Waals surface area contributed by atoms with Crippen molar-refractivity contribution in [1.82, 2.24) is 9.88 Å². The SMILES string of the molecule is C#CC(=O)N1C(CCN)c2[nH]c3ccccc3c2C[C@@H]1CCCC. The highest BCUT2D eigenvalue weighted by molar-refractivity contribution is 5.94. The number of amides is 1. The quantitative estimate of drug-likeness (QED) is 0.830. The highest BCUT2D eigenvalue weighted by atomic mass is 16.2. The maximum Gasteiger partial charge on any atom is 0.299 e. The predicted molar refractivity (Wildman–Crippen MR) is 97.4 cm³/mol. The molecule has 2 heterocycles. The summed E-state index contributed by atoms with van der Waals surface area (Å²) in [6.45, 7) is 2.69. The molecule has 4 nitrogen and oxygen atoms in total. The van der Waals surface area contributed by atoms with Gasteiger partial charge >= 0.3 is 0 Å². The molecule has 1 unspecified atom stereocenters. The van der Waals surface area contributed by atoms with Crippen LogP contribution in [0, 0.1) is 12.3 Å². The van der Waals surface area contributed by atoms with E-state index in [4.69, 9.17) is 12.2 Å². The first-order valence-electron chi connectivity index (χ1n) is 8.79. The standard InChI is InChI=1S/C20H25N3O/c1-3-5-8-14-13-16-15-9-6-7-10-17(15)22-20(16)18(11-12-21)23(14)19(24)4-2/h2,6-7,9-10,14,18,22H,3,5,8,11-13,21H2,1H3/t14-,18?/m0/s1. The summed E-state index contributed by atoms with van der Waals surface area (Å²) < 4.78 is 0. The van der Waals surface area contributed by atoms with Crippen molar-refractivity contribution in [2.45, 2.75) is 51.1 Å². The summed E-state index contributed by atoms with van der Waals surface area (Å²) in [5.41, 5.74) is 9.41. The molecule has 0 aliphatic carbocycles. The van der Waals surface area contributed by atoms with Crippen LogP contribution < -0.4 is 5.73 Å². The average molecular weight is 323 g/mol. The van der Waals surface area contributed by atoms with E-state index in [2.05, 4.69) is 36.0 Å². The Bertz CT molecular complexity index is 771. The lowest BCUT2D eigenvalue weighted by molar-refractivity contribution is -0.131. The normalized spacial score (nSPS) is 20.0. The van der Waals surface area contributed by atoms with E-state index in [-0.39, 0.29) is 18.0 Å². The molecule has 2 aromatic rings. The Hall–Kier alpha value is -2.25. The zero-order valence-corrected chi connectivity index (χ0v) is 14.2. The van der Waals surface area contributed by atoms with Gasteiger partial charge in [-0.05, 0) is 43.4 Å². The Morgan fingerprint density at radius 1 is 1.42 bits per heavy atom. The molecule has 1 aliphatic heterocycles. The second kappa shape index (κ2) is 7.11. The van der Waals surface area contributed by atoms with Crippen LogP contribution in [0.4, 0.5) is 0 Å². The number of benzene rings is 1. The van der Waals surface area contributed by atoms with Gasteiger partial charge in [0.15, 0.2) is 0 Å². The molecule has 1 aromatic carbocycles. The van der Waals surface area contributed by atoms with Gasteiger partial charge in [-0.15, -0.1) is 6.42 Å². The van der Waals surface area contributed by atoms with Crippen molar-refractivity contribution in [3.63, 3.8) is 0 Å². The summed E-state index contributed by atoms with van der Waals surface area (Å²) >= 11 is 0. The minimum absolute atomic E-state index is 0.0587. The van der Waals surface area contributed by atoms with Gasteiger partial charge in [-0.2, -0.15) is 0 Å². The van der Waals surface area contributed by atoms with E-state index < -0.39 is 0 Å². The van der Waals surface area contributed by atoms with E-state index in [0.29, 0.717) is 6.54 Å². The van der Waals surface area contributed by atoms with Gasteiger partial charge < -0.3 is 15.6 Å². The summed E-state index contributed by atoms with van der Waals surface area (Å²) in [4.78, 5) is 17.9. The molecule has 0 radical (unpaired) electrons. The number of aromatic amines is 1. The van der Waals surface area contributed by atoms with Crippen LogP contribution in [0.3, 0.4) is 0 Å². The van der Waals surface area contributed by atoms with E-state index in [1.807, 2.05) is 11.0 Å². The van der Waals surface area contributed by atoms with Gasteiger partial charge in [-0.1, -0.05) is 38.0 Å². The third kappa shape index (κ3) is 2.81. The molecular formula is C20H25N3O. The number of nitrogens with zero attached hydrogens (tertiary/aromatic N) is 1. The van der Waals surface area contributed by atoms with Crippen LogP contribution in [0.5, 0.6) is 0 Å². The summed E-state index contributed by atoms with van der Waals surface area (Å²) in [6.07, 6.45) is 10.2. The Balaban J connectivity index is 2.11. The number of H-pyrrole nitrogens is 1. The Labute approximate surface area is 143 Å². The van der Waals surface area contributed by atoms with E-state index in [9.17, 15) is 4.79 Å². The number of nitrogens with one attached hydrogen (secondary N) is 1. The molecule has 4 heteroatoms. The van der Waals surface area contributed by atoms with Crippen molar-refractivity contribution in [3.8, 4) is 12.3 Å². The lowest BCUT2D eigenvalue weighted by Crippen LogP contribution is -2.47. The van der Waals surface area contributed by atoms with Crippen LogP contribution in [-0.4, -0.2) is 28.4 Å². The number of hydrogen-bond acceptors (Lipinski definition) is 2. The van der Waals surface area contributed by atoms with Crippen molar-refractivity contribution in [2.24, 2.45) is 5.73 Å². The van der Waals surface area contributed by atoms with E-state index in [1.54, 1.807) is 0 Å².